The van der Waals surface area contributed by atoms with E-state index in [2.05, 4.69) is 38.1 Å². The Balaban J connectivity index is 1.88. The molecule has 0 aliphatic heterocycles. The summed E-state index contributed by atoms with van der Waals surface area (Å²) in [6, 6.07) is 8.59. The van der Waals surface area contributed by atoms with Crippen LogP contribution in [0.3, 0.4) is 0 Å². The molecule has 1 aromatic rings. The van der Waals surface area contributed by atoms with Gasteiger partial charge in [0.05, 0.1) is 23.8 Å². The second kappa shape index (κ2) is 6.90. The fraction of sp³-hybridized carbons (Fsp3) is 0.611. The van der Waals surface area contributed by atoms with Crippen molar-refractivity contribution in [1.29, 1.82) is 5.26 Å². The summed E-state index contributed by atoms with van der Waals surface area (Å²) < 4.78 is 5.90. The van der Waals surface area contributed by atoms with Gasteiger partial charge in [0, 0.05) is 0 Å². The summed E-state index contributed by atoms with van der Waals surface area (Å²) >= 11 is 0. The van der Waals surface area contributed by atoms with Gasteiger partial charge in [-0.1, -0.05) is 12.1 Å². The molecule has 20 heavy (non-hydrogen) atoms. The minimum atomic E-state index is 0.340. The van der Waals surface area contributed by atoms with Crippen molar-refractivity contribution >= 4 is 0 Å². The Bertz CT molecular complexity index is 479. The maximum absolute atomic E-state index is 9.10. The normalized spacial score (nSPS) is 22.8. The summed E-state index contributed by atoms with van der Waals surface area (Å²) in [5, 5.41) is 9.10. The first kappa shape index (κ1) is 15.1. The predicted octanol–water partition coefficient (Wildman–Crippen LogP) is 4.39. The summed E-state index contributed by atoms with van der Waals surface area (Å²) in [7, 11) is 0. The molecule has 0 unspecified atom stereocenters. The van der Waals surface area contributed by atoms with Crippen molar-refractivity contribution in [1.82, 2.24) is 0 Å². The minimum absolute atomic E-state index is 0.340. The number of nitrogens with zero attached hydrogens (tertiary/aromatic N) is 1. The Morgan fingerprint density at radius 2 is 1.95 bits per heavy atom. The number of hydrogen-bond acceptors (Lipinski definition) is 2. The first-order valence-electron chi connectivity index (χ1n) is 7.73. The van der Waals surface area contributed by atoms with Gasteiger partial charge in [0.25, 0.3) is 0 Å². The highest BCUT2D eigenvalue weighted by Crippen LogP contribution is 2.29. The molecule has 2 heteroatoms. The lowest BCUT2D eigenvalue weighted by molar-refractivity contribution is -0.0195. The molecule has 108 valence electrons. The highest BCUT2D eigenvalue weighted by molar-refractivity contribution is 5.39. The molecule has 0 heterocycles. The van der Waals surface area contributed by atoms with Crippen molar-refractivity contribution in [3.05, 3.63) is 34.9 Å². The zero-order valence-corrected chi connectivity index (χ0v) is 12.9. The molecule has 0 N–H and O–H groups in total. The zero-order valence-electron chi connectivity index (χ0n) is 12.9. The molecule has 1 aliphatic rings. The molecule has 2 rings (SSSR count). The van der Waals surface area contributed by atoms with Gasteiger partial charge in [0.2, 0.25) is 0 Å². The second-order valence-electron chi connectivity index (χ2n) is 6.29. The van der Waals surface area contributed by atoms with Gasteiger partial charge in [0.15, 0.2) is 0 Å². The van der Waals surface area contributed by atoms with Crippen molar-refractivity contribution in [2.24, 2.45) is 5.92 Å². The van der Waals surface area contributed by atoms with Crippen LogP contribution in [-0.2, 0) is 11.2 Å². The van der Waals surface area contributed by atoms with Gasteiger partial charge in [-0.05, 0) is 76.0 Å². The third kappa shape index (κ3) is 4.08. The van der Waals surface area contributed by atoms with E-state index in [1.54, 1.807) is 0 Å². The van der Waals surface area contributed by atoms with E-state index in [0.29, 0.717) is 12.2 Å². The average molecular weight is 271 g/mol. The zero-order chi connectivity index (χ0) is 14.5. The number of rotatable bonds is 4. The highest BCUT2D eigenvalue weighted by atomic mass is 16.5. The fourth-order valence-electron chi connectivity index (χ4n) is 3.11. The first-order valence-corrected chi connectivity index (χ1v) is 7.73. The predicted molar refractivity (Wildman–Crippen MR) is 81.6 cm³/mol. The van der Waals surface area contributed by atoms with Gasteiger partial charge in [0.1, 0.15) is 0 Å². The Labute approximate surface area is 122 Å². The van der Waals surface area contributed by atoms with Crippen molar-refractivity contribution in [3.63, 3.8) is 0 Å². The van der Waals surface area contributed by atoms with Crippen molar-refractivity contribution in [3.8, 4) is 6.07 Å². The molecule has 0 amide bonds. The van der Waals surface area contributed by atoms with Crippen molar-refractivity contribution in [2.45, 2.75) is 65.1 Å². The SMILES string of the molecule is Cc1ccc(CC2CCC(OC(C)C)CC2)cc1C#N. The van der Waals surface area contributed by atoms with Crippen LogP contribution in [0.2, 0.25) is 0 Å². The Kier molecular flexibility index (Phi) is 5.20. The molecular weight excluding hydrogens is 246 g/mol. The van der Waals surface area contributed by atoms with Crippen LogP contribution in [0.1, 0.15) is 56.2 Å². The Hall–Kier alpha value is -1.33. The molecule has 1 aliphatic carbocycles. The van der Waals surface area contributed by atoms with E-state index in [1.165, 1.54) is 31.2 Å². The molecule has 0 bridgehead atoms. The molecular formula is C18H25NO. The average Bonchev–Trinajstić information content (AvgIpc) is 2.42. The molecule has 0 atom stereocenters. The summed E-state index contributed by atoms with van der Waals surface area (Å²) in [5.41, 5.74) is 3.20. The molecule has 1 saturated carbocycles. The van der Waals surface area contributed by atoms with Gasteiger partial charge in [-0.2, -0.15) is 5.26 Å². The van der Waals surface area contributed by atoms with E-state index in [0.717, 1.165) is 23.5 Å². The third-order valence-corrected chi connectivity index (χ3v) is 4.21. The van der Waals surface area contributed by atoms with Crippen LogP contribution in [0.25, 0.3) is 0 Å². The summed E-state index contributed by atoms with van der Waals surface area (Å²) in [5.74, 6) is 0.747. The number of hydrogen-bond donors (Lipinski definition) is 0. The minimum Gasteiger partial charge on any atom is -0.376 e. The Morgan fingerprint density at radius 3 is 2.55 bits per heavy atom. The van der Waals surface area contributed by atoms with E-state index >= 15 is 0 Å². The fourth-order valence-corrected chi connectivity index (χ4v) is 3.11. The second-order valence-corrected chi connectivity index (χ2v) is 6.29. The van der Waals surface area contributed by atoms with Crippen molar-refractivity contribution in [2.75, 3.05) is 0 Å². The van der Waals surface area contributed by atoms with Crippen LogP contribution in [-0.4, -0.2) is 12.2 Å². The molecule has 0 radical (unpaired) electrons. The van der Waals surface area contributed by atoms with E-state index in [9.17, 15) is 0 Å². The van der Waals surface area contributed by atoms with Gasteiger partial charge in [-0.25, -0.2) is 0 Å². The smallest absolute Gasteiger partial charge is 0.0994 e. The summed E-state index contributed by atoms with van der Waals surface area (Å²) in [4.78, 5) is 0. The molecule has 1 fully saturated rings. The van der Waals surface area contributed by atoms with Crippen LogP contribution in [0.15, 0.2) is 18.2 Å². The number of ether oxygens (including phenoxy) is 1. The monoisotopic (exact) mass is 271 g/mol. The van der Waals surface area contributed by atoms with Crippen LogP contribution in [0.4, 0.5) is 0 Å². The lowest BCUT2D eigenvalue weighted by Crippen LogP contribution is -2.25. The van der Waals surface area contributed by atoms with E-state index < -0.39 is 0 Å². The van der Waals surface area contributed by atoms with Crippen LogP contribution in [0, 0.1) is 24.2 Å². The van der Waals surface area contributed by atoms with Gasteiger partial charge in [-0.3, -0.25) is 0 Å². The van der Waals surface area contributed by atoms with Crippen molar-refractivity contribution < 1.29 is 4.74 Å². The maximum Gasteiger partial charge on any atom is 0.0994 e. The topological polar surface area (TPSA) is 33.0 Å². The quantitative estimate of drug-likeness (QED) is 0.813. The highest BCUT2D eigenvalue weighted by Gasteiger charge is 2.22. The lowest BCUT2D eigenvalue weighted by Gasteiger charge is -2.30. The van der Waals surface area contributed by atoms with Gasteiger partial charge >= 0.3 is 0 Å². The standard InChI is InChI=1S/C18H25NO/c1-13(2)20-18-8-6-15(7-9-18)10-16-5-4-14(3)17(11-16)12-19/h4-5,11,13,15,18H,6-10H2,1-3H3. The van der Waals surface area contributed by atoms with Crippen LogP contribution >= 0.6 is 0 Å². The molecule has 0 aromatic heterocycles. The molecule has 2 nitrogen and oxygen atoms in total. The van der Waals surface area contributed by atoms with E-state index in [1.807, 2.05) is 6.92 Å². The number of benzene rings is 1. The molecule has 0 saturated heterocycles. The first-order chi connectivity index (χ1) is 9.58. The van der Waals surface area contributed by atoms with Gasteiger partial charge in [-0.15, -0.1) is 0 Å². The lowest BCUT2D eigenvalue weighted by atomic mass is 9.83. The Morgan fingerprint density at radius 1 is 1.25 bits per heavy atom. The number of aryl methyl sites for hydroxylation is 1. The summed E-state index contributed by atoms with van der Waals surface area (Å²) in [6.07, 6.45) is 6.74. The summed E-state index contributed by atoms with van der Waals surface area (Å²) in [6.45, 7) is 6.22. The number of nitriles is 1. The van der Waals surface area contributed by atoms with E-state index in [4.69, 9.17) is 10.00 Å². The van der Waals surface area contributed by atoms with Crippen LogP contribution < -0.4 is 0 Å². The van der Waals surface area contributed by atoms with Crippen LogP contribution in [0.5, 0.6) is 0 Å². The molecule has 0 spiro atoms. The maximum atomic E-state index is 9.10. The van der Waals surface area contributed by atoms with E-state index in [-0.39, 0.29) is 0 Å². The largest absolute Gasteiger partial charge is 0.376 e. The third-order valence-electron chi connectivity index (χ3n) is 4.21. The van der Waals surface area contributed by atoms with Gasteiger partial charge < -0.3 is 4.74 Å². The molecule has 1 aromatic carbocycles.